The molecule has 1 atom stereocenters. The Bertz CT molecular complexity index is 530. The molecule has 128 valence electrons. The van der Waals surface area contributed by atoms with Crippen molar-refractivity contribution in [2.45, 2.75) is 51.1 Å². The van der Waals surface area contributed by atoms with E-state index in [1.807, 2.05) is 17.9 Å². The summed E-state index contributed by atoms with van der Waals surface area (Å²) in [7, 11) is 0. The van der Waals surface area contributed by atoms with Crippen LogP contribution in [0.5, 0.6) is 0 Å². The van der Waals surface area contributed by atoms with Crippen molar-refractivity contribution >= 4 is 18.3 Å². The van der Waals surface area contributed by atoms with Gasteiger partial charge in [-0.2, -0.15) is 0 Å². The van der Waals surface area contributed by atoms with Gasteiger partial charge < -0.3 is 10.2 Å². The number of benzene rings is 1. The monoisotopic (exact) mass is 340 g/mol. The molecule has 2 aliphatic rings. The minimum Gasteiger partial charge on any atom is -0.333 e. The first kappa shape index (κ1) is 18.2. The van der Waals surface area contributed by atoms with Crippen molar-refractivity contribution < 1.29 is 9.18 Å². The summed E-state index contributed by atoms with van der Waals surface area (Å²) in [5.74, 6) is 0.461. The van der Waals surface area contributed by atoms with Crippen LogP contribution in [0.25, 0.3) is 0 Å². The second-order valence-electron chi connectivity index (χ2n) is 6.63. The molecule has 1 aliphatic heterocycles. The molecule has 0 radical (unpaired) electrons. The fraction of sp³-hybridized carbons (Fsp3) is 0.611. The minimum absolute atomic E-state index is 0. The van der Waals surface area contributed by atoms with Crippen LogP contribution in [0, 0.1) is 11.7 Å². The van der Waals surface area contributed by atoms with E-state index in [2.05, 4.69) is 5.32 Å². The average Bonchev–Trinajstić information content (AvgIpc) is 3.33. The van der Waals surface area contributed by atoms with E-state index in [0.717, 1.165) is 38.8 Å². The van der Waals surface area contributed by atoms with Gasteiger partial charge >= 0.3 is 0 Å². The lowest BCUT2D eigenvalue weighted by Crippen LogP contribution is -2.38. The largest absolute Gasteiger partial charge is 0.333 e. The lowest BCUT2D eigenvalue weighted by Gasteiger charge is -2.32. The van der Waals surface area contributed by atoms with E-state index in [1.165, 1.54) is 6.07 Å². The predicted octanol–water partition coefficient (Wildman–Crippen LogP) is 3.69. The predicted molar refractivity (Wildman–Crippen MR) is 92.1 cm³/mol. The molecule has 3 rings (SSSR count). The molecule has 3 nitrogen and oxygen atoms in total. The van der Waals surface area contributed by atoms with Gasteiger partial charge in [0.25, 0.3) is 0 Å². The molecule has 1 heterocycles. The summed E-state index contributed by atoms with van der Waals surface area (Å²) in [4.78, 5) is 14.7. The number of hydrogen-bond donors (Lipinski definition) is 1. The lowest BCUT2D eigenvalue weighted by molar-refractivity contribution is -0.135. The molecule has 1 aromatic rings. The molecule has 1 N–H and O–H groups in total. The smallest absolute Gasteiger partial charge is 0.223 e. The summed E-state index contributed by atoms with van der Waals surface area (Å²) in [6, 6.07) is 6.95. The number of nitrogens with one attached hydrogen (secondary N) is 1. The number of hydrogen-bond acceptors (Lipinski definition) is 2. The molecule has 0 aromatic heterocycles. The van der Waals surface area contributed by atoms with Gasteiger partial charge in [-0.3, -0.25) is 4.79 Å². The van der Waals surface area contributed by atoms with E-state index in [1.54, 1.807) is 12.1 Å². The summed E-state index contributed by atoms with van der Waals surface area (Å²) in [6.45, 7) is 3.96. The fourth-order valence-electron chi connectivity index (χ4n) is 3.49. The Morgan fingerprint density at radius 2 is 1.91 bits per heavy atom. The van der Waals surface area contributed by atoms with Crippen LogP contribution in [0.15, 0.2) is 24.3 Å². The molecule has 2 fully saturated rings. The zero-order valence-corrected chi connectivity index (χ0v) is 14.4. The molecule has 0 bridgehead atoms. The minimum atomic E-state index is -0.213. The summed E-state index contributed by atoms with van der Waals surface area (Å²) in [5, 5.41) is 3.33. The van der Waals surface area contributed by atoms with E-state index in [4.69, 9.17) is 0 Å². The molecule has 1 saturated carbocycles. The first-order valence-corrected chi connectivity index (χ1v) is 8.43. The zero-order valence-electron chi connectivity index (χ0n) is 13.6. The van der Waals surface area contributed by atoms with Crippen molar-refractivity contribution in [2.24, 2.45) is 5.92 Å². The Balaban J connectivity index is 0.00000192. The van der Waals surface area contributed by atoms with Crippen LogP contribution in [-0.2, 0) is 4.79 Å². The molecule has 1 saturated heterocycles. The normalized spacial score (nSPS) is 19.7. The van der Waals surface area contributed by atoms with Crippen molar-refractivity contribution in [3.05, 3.63) is 35.6 Å². The average molecular weight is 341 g/mol. The zero-order chi connectivity index (χ0) is 15.5. The standard InChI is InChI=1S/C18H25FN2O.ClH/c1-13(16-4-2-3-5-17(16)19)21(15-6-7-15)18(22)12-14-8-10-20-11-9-14;/h2-5,13-15,20H,6-12H2,1H3;1H. The Labute approximate surface area is 144 Å². The molecule has 1 unspecified atom stereocenters. The second kappa shape index (κ2) is 8.11. The molecule has 23 heavy (non-hydrogen) atoms. The van der Waals surface area contributed by atoms with Crippen LogP contribution in [0.2, 0.25) is 0 Å². The fourth-order valence-corrected chi connectivity index (χ4v) is 3.49. The lowest BCUT2D eigenvalue weighted by atomic mass is 9.93. The Morgan fingerprint density at radius 1 is 1.26 bits per heavy atom. The van der Waals surface area contributed by atoms with Crippen LogP contribution < -0.4 is 5.32 Å². The van der Waals surface area contributed by atoms with Gasteiger partial charge in [0.1, 0.15) is 5.82 Å². The highest BCUT2D eigenvalue weighted by Gasteiger charge is 2.37. The molecule has 0 spiro atoms. The van der Waals surface area contributed by atoms with E-state index >= 15 is 0 Å². The van der Waals surface area contributed by atoms with Gasteiger partial charge in [-0.25, -0.2) is 4.39 Å². The quantitative estimate of drug-likeness (QED) is 0.886. The first-order chi connectivity index (χ1) is 10.7. The molecule has 1 aromatic carbocycles. The van der Waals surface area contributed by atoms with Gasteiger partial charge in [-0.1, -0.05) is 18.2 Å². The SMILES string of the molecule is CC(c1ccccc1F)N(C(=O)CC1CCNCC1)C1CC1.Cl. The van der Waals surface area contributed by atoms with Crippen molar-refractivity contribution in [3.8, 4) is 0 Å². The number of rotatable bonds is 5. The van der Waals surface area contributed by atoms with Crippen LogP contribution in [0.1, 0.15) is 50.6 Å². The summed E-state index contributed by atoms with van der Waals surface area (Å²) in [5.41, 5.74) is 0.632. The van der Waals surface area contributed by atoms with E-state index in [0.29, 0.717) is 23.9 Å². The second-order valence-corrected chi connectivity index (χ2v) is 6.63. The Kier molecular flexibility index (Phi) is 6.42. The Morgan fingerprint density at radius 3 is 2.52 bits per heavy atom. The van der Waals surface area contributed by atoms with E-state index < -0.39 is 0 Å². The van der Waals surface area contributed by atoms with Gasteiger partial charge in [0, 0.05) is 18.0 Å². The number of piperidine rings is 1. The number of amides is 1. The summed E-state index contributed by atoms with van der Waals surface area (Å²) < 4.78 is 14.1. The summed E-state index contributed by atoms with van der Waals surface area (Å²) >= 11 is 0. The molecule has 1 aliphatic carbocycles. The van der Waals surface area contributed by atoms with Crippen molar-refractivity contribution in [1.82, 2.24) is 10.2 Å². The van der Waals surface area contributed by atoms with Gasteiger partial charge in [0.05, 0.1) is 6.04 Å². The van der Waals surface area contributed by atoms with E-state index in [-0.39, 0.29) is 30.2 Å². The molecular formula is C18H26ClFN2O. The maximum absolute atomic E-state index is 14.1. The maximum atomic E-state index is 14.1. The number of halogens is 2. The van der Waals surface area contributed by atoms with Gasteiger partial charge in [0.2, 0.25) is 5.91 Å². The van der Waals surface area contributed by atoms with Crippen molar-refractivity contribution in [2.75, 3.05) is 13.1 Å². The van der Waals surface area contributed by atoms with Crippen molar-refractivity contribution in [1.29, 1.82) is 0 Å². The van der Waals surface area contributed by atoms with Gasteiger partial charge in [-0.05, 0) is 57.7 Å². The van der Waals surface area contributed by atoms with Crippen LogP contribution in [0.3, 0.4) is 0 Å². The third-order valence-corrected chi connectivity index (χ3v) is 4.92. The Hall–Kier alpha value is -1.13. The van der Waals surface area contributed by atoms with Crippen LogP contribution >= 0.6 is 12.4 Å². The molecule has 1 amide bonds. The highest BCUT2D eigenvalue weighted by molar-refractivity contribution is 5.85. The third-order valence-electron chi connectivity index (χ3n) is 4.92. The number of nitrogens with zero attached hydrogens (tertiary/aromatic N) is 1. The van der Waals surface area contributed by atoms with Crippen molar-refractivity contribution in [3.63, 3.8) is 0 Å². The highest BCUT2D eigenvalue weighted by Crippen LogP contribution is 2.36. The van der Waals surface area contributed by atoms with Crippen LogP contribution in [0.4, 0.5) is 4.39 Å². The molecular weight excluding hydrogens is 315 g/mol. The van der Waals surface area contributed by atoms with Gasteiger partial charge in [-0.15, -0.1) is 12.4 Å². The highest BCUT2D eigenvalue weighted by atomic mass is 35.5. The van der Waals surface area contributed by atoms with Crippen LogP contribution in [-0.4, -0.2) is 29.9 Å². The third kappa shape index (κ3) is 4.45. The molecule has 5 heteroatoms. The maximum Gasteiger partial charge on any atom is 0.223 e. The topological polar surface area (TPSA) is 32.3 Å². The van der Waals surface area contributed by atoms with Gasteiger partial charge in [0.15, 0.2) is 0 Å². The number of carbonyl (C=O) groups excluding carboxylic acids is 1. The number of carbonyl (C=O) groups is 1. The van der Waals surface area contributed by atoms with E-state index in [9.17, 15) is 9.18 Å². The first-order valence-electron chi connectivity index (χ1n) is 8.43. The summed E-state index contributed by atoms with van der Waals surface area (Å²) in [6.07, 6.45) is 4.85.